The fourth-order valence-electron chi connectivity index (χ4n) is 4.43. The molecule has 0 saturated heterocycles. The van der Waals surface area contributed by atoms with E-state index in [1.54, 1.807) is 35.1 Å². The van der Waals surface area contributed by atoms with Crippen LogP contribution in [0.25, 0.3) is 0 Å². The van der Waals surface area contributed by atoms with Crippen molar-refractivity contribution in [2.45, 2.75) is 50.9 Å². The lowest BCUT2D eigenvalue weighted by atomic mass is 10.0. The van der Waals surface area contributed by atoms with Crippen LogP contribution in [0.5, 0.6) is 5.75 Å². The van der Waals surface area contributed by atoms with Gasteiger partial charge >= 0.3 is 0 Å². The highest BCUT2D eigenvalue weighted by Crippen LogP contribution is 2.15. The third kappa shape index (κ3) is 8.63. The number of nitrogens with one attached hydrogen (secondary N) is 3. The zero-order chi connectivity index (χ0) is 28.3. The van der Waals surface area contributed by atoms with Crippen molar-refractivity contribution in [3.05, 3.63) is 77.6 Å². The zero-order valence-corrected chi connectivity index (χ0v) is 23.0. The number of hydrogen-bond acceptors (Lipinski definition) is 7. The first-order chi connectivity index (χ1) is 19.4. The first-order valence-corrected chi connectivity index (χ1v) is 13.6. The Morgan fingerprint density at radius 3 is 2.60 bits per heavy atom. The summed E-state index contributed by atoms with van der Waals surface area (Å²) in [6.07, 6.45) is 4.07. The number of aromatic nitrogens is 3. The Hall–Kier alpha value is -4.25. The van der Waals surface area contributed by atoms with E-state index in [0.717, 1.165) is 24.9 Å². The monoisotopic (exact) mass is 547 g/mol. The lowest BCUT2D eigenvalue weighted by Crippen LogP contribution is -2.54. The number of carbonyl (C=O) groups excluding carboxylic acids is 3. The molecular weight excluding hydrogens is 510 g/mol. The molecule has 3 amide bonds. The van der Waals surface area contributed by atoms with Crippen molar-refractivity contribution in [1.29, 1.82) is 0 Å². The number of rotatable bonds is 7. The quantitative estimate of drug-likeness (QED) is 0.383. The van der Waals surface area contributed by atoms with Gasteiger partial charge in [0.25, 0.3) is 5.91 Å². The second-order valence-electron chi connectivity index (χ2n) is 10.1. The minimum Gasteiger partial charge on any atom is -0.492 e. The number of benzene rings is 2. The van der Waals surface area contributed by atoms with Crippen LogP contribution in [0.3, 0.4) is 0 Å². The third-order valence-electron chi connectivity index (χ3n) is 6.60. The summed E-state index contributed by atoms with van der Waals surface area (Å²) in [6, 6.07) is 14.7. The summed E-state index contributed by atoms with van der Waals surface area (Å²) in [4.78, 5) is 42.2. The molecule has 212 valence electrons. The summed E-state index contributed by atoms with van der Waals surface area (Å²) in [5.41, 5.74) is 1.87. The molecule has 11 nitrogen and oxygen atoms in total. The SMILES string of the molecule is CN(C)CCCC[C@@H]1NC(=O)c2cccc(c2)OCCn2cc(nn2)CNC(=O)[C@@H](Cc2ccccc2)NC1=O. The standard InChI is InChI=1S/C29H37N7O4/c1-35(2)14-7-6-13-25-29(39)32-26(17-21-9-4-3-5-10-21)28(38)30-19-23-20-36(34-33-23)15-16-40-24-12-8-11-22(18-24)27(37)31-25/h3-5,8-12,18,20,25-26H,6-7,13-17,19H2,1-2H3,(H,30,38)(H,31,37)(H,32,39)/t25-,26+/m0/s1. The van der Waals surface area contributed by atoms with E-state index in [1.807, 2.05) is 44.4 Å². The fourth-order valence-corrected chi connectivity index (χ4v) is 4.43. The number of nitrogens with zero attached hydrogens (tertiary/aromatic N) is 4. The molecule has 2 atom stereocenters. The average Bonchev–Trinajstić information content (AvgIpc) is 3.40. The normalized spacial score (nSPS) is 18.6. The van der Waals surface area contributed by atoms with Gasteiger partial charge in [-0.2, -0.15) is 0 Å². The molecule has 0 saturated carbocycles. The van der Waals surface area contributed by atoms with E-state index in [2.05, 4.69) is 31.2 Å². The van der Waals surface area contributed by atoms with Crippen LogP contribution < -0.4 is 20.7 Å². The Morgan fingerprint density at radius 1 is 0.975 bits per heavy atom. The zero-order valence-electron chi connectivity index (χ0n) is 23.0. The Balaban J connectivity index is 1.59. The van der Waals surface area contributed by atoms with E-state index in [1.165, 1.54) is 0 Å². The fraction of sp³-hybridized carbons (Fsp3) is 0.414. The van der Waals surface area contributed by atoms with Crippen LogP contribution in [0.1, 0.15) is 40.9 Å². The highest BCUT2D eigenvalue weighted by molar-refractivity contribution is 5.98. The van der Waals surface area contributed by atoms with Crippen LogP contribution in [-0.4, -0.2) is 76.9 Å². The molecule has 0 spiro atoms. The maximum absolute atomic E-state index is 13.6. The van der Waals surface area contributed by atoms with Gasteiger partial charge in [-0.25, -0.2) is 4.68 Å². The van der Waals surface area contributed by atoms with Crippen LogP contribution in [0.2, 0.25) is 0 Å². The number of carbonyl (C=O) groups is 3. The maximum Gasteiger partial charge on any atom is 0.252 e. The molecule has 0 fully saturated rings. The first kappa shape index (κ1) is 28.8. The summed E-state index contributed by atoms with van der Waals surface area (Å²) in [5, 5.41) is 16.9. The first-order valence-electron chi connectivity index (χ1n) is 13.6. The second-order valence-corrected chi connectivity index (χ2v) is 10.1. The average molecular weight is 548 g/mol. The van der Waals surface area contributed by atoms with Gasteiger partial charge in [-0.05, 0) is 63.7 Å². The Kier molecular flexibility index (Phi) is 10.2. The van der Waals surface area contributed by atoms with Gasteiger partial charge in [-0.15, -0.1) is 5.10 Å². The molecular formula is C29H37N7O4. The molecule has 2 heterocycles. The highest BCUT2D eigenvalue weighted by atomic mass is 16.5. The molecule has 0 aliphatic carbocycles. The minimum absolute atomic E-state index is 0.160. The third-order valence-corrected chi connectivity index (χ3v) is 6.60. The summed E-state index contributed by atoms with van der Waals surface area (Å²) in [6.45, 7) is 1.79. The molecule has 1 aliphatic heterocycles. The van der Waals surface area contributed by atoms with Crippen molar-refractivity contribution in [1.82, 2.24) is 35.8 Å². The molecule has 3 N–H and O–H groups in total. The van der Waals surface area contributed by atoms with Gasteiger partial charge in [0.15, 0.2) is 0 Å². The van der Waals surface area contributed by atoms with Crippen LogP contribution in [0.15, 0.2) is 60.8 Å². The Labute approximate surface area is 234 Å². The van der Waals surface area contributed by atoms with E-state index in [4.69, 9.17) is 4.74 Å². The summed E-state index contributed by atoms with van der Waals surface area (Å²) in [7, 11) is 3.99. The lowest BCUT2D eigenvalue weighted by Gasteiger charge is -2.24. The molecule has 1 aliphatic rings. The molecule has 40 heavy (non-hydrogen) atoms. The van der Waals surface area contributed by atoms with Gasteiger partial charge in [-0.1, -0.05) is 41.6 Å². The number of unbranched alkanes of at least 4 members (excludes halogenated alkanes) is 1. The van der Waals surface area contributed by atoms with E-state index in [0.29, 0.717) is 43.0 Å². The van der Waals surface area contributed by atoms with Crippen LogP contribution >= 0.6 is 0 Å². The van der Waals surface area contributed by atoms with Gasteiger partial charge in [0.2, 0.25) is 11.8 Å². The molecule has 4 rings (SSSR count). The highest BCUT2D eigenvalue weighted by Gasteiger charge is 2.27. The minimum atomic E-state index is -0.846. The van der Waals surface area contributed by atoms with E-state index in [-0.39, 0.29) is 18.4 Å². The number of fused-ring (bicyclic) bond motifs is 4. The van der Waals surface area contributed by atoms with Gasteiger partial charge in [-0.3, -0.25) is 14.4 Å². The van der Waals surface area contributed by atoms with Gasteiger partial charge < -0.3 is 25.6 Å². The smallest absolute Gasteiger partial charge is 0.252 e. The molecule has 0 radical (unpaired) electrons. The molecule has 11 heteroatoms. The van der Waals surface area contributed by atoms with Crippen molar-refractivity contribution < 1.29 is 19.1 Å². The number of hydrogen-bond donors (Lipinski definition) is 3. The predicted molar refractivity (Wildman–Crippen MR) is 150 cm³/mol. The van der Waals surface area contributed by atoms with Crippen LogP contribution in [0.4, 0.5) is 0 Å². The van der Waals surface area contributed by atoms with E-state index >= 15 is 0 Å². The van der Waals surface area contributed by atoms with Gasteiger partial charge in [0, 0.05) is 12.0 Å². The van der Waals surface area contributed by atoms with Crippen molar-refractivity contribution in [2.75, 3.05) is 27.2 Å². The maximum atomic E-state index is 13.6. The van der Waals surface area contributed by atoms with Crippen LogP contribution in [-0.2, 0) is 29.1 Å². The summed E-state index contributed by atoms with van der Waals surface area (Å²) in [5.74, 6) is -0.601. The topological polar surface area (TPSA) is 130 Å². The molecule has 3 aromatic rings. The van der Waals surface area contributed by atoms with Gasteiger partial charge in [0.05, 0.1) is 19.3 Å². The van der Waals surface area contributed by atoms with Crippen LogP contribution in [0, 0.1) is 0 Å². The largest absolute Gasteiger partial charge is 0.492 e. The number of amides is 3. The van der Waals surface area contributed by atoms with Gasteiger partial charge in [0.1, 0.15) is 30.1 Å². The van der Waals surface area contributed by atoms with E-state index in [9.17, 15) is 14.4 Å². The van der Waals surface area contributed by atoms with Crippen molar-refractivity contribution in [3.63, 3.8) is 0 Å². The molecule has 2 aromatic carbocycles. The lowest BCUT2D eigenvalue weighted by molar-refractivity contribution is -0.130. The predicted octanol–water partition coefficient (Wildman–Crippen LogP) is 1.54. The second kappa shape index (κ2) is 14.2. The molecule has 1 aromatic heterocycles. The summed E-state index contributed by atoms with van der Waals surface area (Å²) < 4.78 is 7.45. The molecule has 0 unspecified atom stereocenters. The number of ether oxygens (including phenoxy) is 1. The molecule has 4 bridgehead atoms. The Morgan fingerprint density at radius 2 is 1.80 bits per heavy atom. The van der Waals surface area contributed by atoms with Crippen molar-refractivity contribution >= 4 is 17.7 Å². The van der Waals surface area contributed by atoms with Crippen molar-refractivity contribution in [2.24, 2.45) is 0 Å². The van der Waals surface area contributed by atoms with E-state index < -0.39 is 18.0 Å². The summed E-state index contributed by atoms with van der Waals surface area (Å²) >= 11 is 0. The van der Waals surface area contributed by atoms with Crippen molar-refractivity contribution in [3.8, 4) is 5.75 Å². The Bertz CT molecular complexity index is 1280.